The molecule has 234 valence electrons. The Morgan fingerprint density at radius 1 is 1.14 bits per heavy atom. The van der Waals surface area contributed by atoms with E-state index in [0.717, 1.165) is 72.1 Å². The van der Waals surface area contributed by atoms with Gasteiger partial charge in [-0.25, -0.2) is 0 Å². The highest BCUT2D eigenvalue weighted by Gasteiger charge is 2.49. The summed E-state index contributed by atoms with van der Waals surface area (Å²) in [4.78, 5) is 20.4. The van der Waals surface area contributed by atoms with Crippen LogP contribution < -0.4 is 10.1 Å². The zero-order chi connectivity index (χ0) is 31.1. The highest BCUT2D eigenvalue weighted by molar-refractivity contribution is 5.94. The van der Waals surface area contributed by atoms with Gasteiger partial charge in [-0.3, -0.25) is 14.6 Å². The lowest BCUT2D eigenvalue weighted by molar-refractivity contribution is -0.148. The van der Waals surface area contributed by atoms with Crippen molar-refractivity contribution in [1.29, 1.82) is 5.26 Å². The van der Waals surface area contributed by atoms with Crippen molar-refractivity contribution in [3.05, 3.63) is 64.8 Å². The zero-order valence-electron chi connectivity index (χ0n) is 25.3. The Morgan fingerprint density at radius 3 is 2.52 bits per heavy atom. The van der Waals surface area contributed by atoms with E-state index in [4.69, 9.17) is 4.74 Å². The number of nitriles is 1. The molecule has 3 heterocycles. The summed E-state index contributed by atoms with van der Waals surface area (Å²) in [6.07, 6.45) is 2.64. The molecule has 2 aromatic carbocycles. The quantitative estimate of drug-likeness (QED) is 0.321. The number of rotatable bonds is 7. The number of hydrogen-bond acceptors (Lipinski definition) is 5. The van der Waals surface area contributed by atoms with Gasteiger partial charge in [-0.1, -0.05) is 12.1 Å². The summed E-state index contributed by atoms with van der Waals surface area (Å²) in [5.41, 5.74) is 5.25. The Bertz CT molecular complexity index is 1530. The highest BCUT2D eigenvalue weighted by Crippen LogP contribution is 2.57. The van der Waals surface area contributed by atoms with Crippen molar-refractivity contribution < 1.29 is 22.7 Å². The molecule has 1 spiro atoms. The first-order chi connectivity index (χ1) is 21.1. The largest absolute Gasteiger partial charge is 0.496 e. The Hall–Kier alpha value is -3.55. The van der Waals surface area contributed by atoms with E-state index in [1.54, 1.807) is 7.11 Å². The number of aryl methyl sites for hydroxylation is 1. The summed E-state index contributed by atoms with van der Waals surface area (Å²) in [5, 5.41) is 13.7. The average molecular weight is 608 g/mol. The molecule has 7 nitrogen and oxygen atoms in total. The number of aromatic nitrogens is 1. The van der Waals surface area contributed by atoms with Crippen molar-refractivity contribution >= 4 is 16.8 Å². The van der Waals surface area contributed by atoms with E-state index < -0.39 is 12.7 Å². The second-order valence-corrected chi connectivity index (χ2v) is 13.1. The molecule has 1 aliphatic carbocycles. The fourth-order valence-electron chi connectivity index (χ4n) is 7.74. The Labute approximate surface area is 256 Å². The fraction of sp³-hybridized carbons (Fsp3) is 0.529. The molecule has 0 bridgehead atoms. The van der Waals surface area contributed by atoms with Crippen LogP contribution in [0.5, 0.6) is 5.75 Å². The van der Waals surface area contributed by atoms with Crippen molar-refractivity contribution in [2.45, 2.75) is 70.3 Å². The third-order valence-electron chi connectivity index (χ3n) is 10.1. The number of piperidine rings is 2. The number of carbonyl (C=O) groups is 1. The van der Waals surface area contributed by atoms with Gasteiger partial charge < -0.3 is 15.0 Å². The summed E-state index contributed by atoms with van der Waals surface area (Å²) in [6, 6.07) is 14.4. The van der Waals surface area contributed by atoms with Gasteiger partial charge in [-0.2, -0.15) is 18.4 Å². The molecule has 3 fully saturated rings. The summed E-state index contributed by atoms with van der Waals surface area (Å²) >= 11 is 0. The number of nitrogens with one attached hydrogen (secondary N) is 2. The highest BCUT2D eigenvalue weighted by atomic mass is 19.4. The van der Waals surface area contributed by atoms with E-state index in [1.165, 1.54) is 4.90 Å². The van der Waals surface area contributed by atoms with Gasteiger partial charge in [0.2, 0.25) is 0 Å². The number of nitrogens with zero attached hydrogens (tertiary/aromatic N) is 3. The number of likely N-dealkylation sites (tertiary alicyclic amines) is 2. The second kappa shape index (κ2) is 12.1. The number of benzene rings is 2. The van der Waals surface area contributed by atoms with Gasteiger partial charge >= 0.3 is 6.18 Å². The first-order valence-corrected chi connectivity index (χ1v) is 15.5. The number of halogens is 3. The zero-order valence-corrected chi connectivity index (χ0v) is 25.3. The van der Waals surface area contributed by atoms with Crippen LogP contribution in [0.15, 0.2) is 42.6 Å². The maximum Gasteiger partial charge on any atom is 0.401 e. The smallest absolute Gasteiger partial charge is 0.401 e. The Balaban J connectivity index is 1.18. The van der Waals surface area contributed by atoms with Crippen LogP contribution in [0.1, 0.15) is 71.6 Å². The molecule has 0 unspecified atom stereocenters. The number of H-pyrrole nitrogens is 1. The maximum absolute atomic E-state index is 13.1. The third kappa shape index (κ3) is 6.31. The topological polar surface area (TPSA) is 84.4 Å². The standard InChI is InChI=1S/C34H40F3N5O2/c1-22-15-30(44-2)28(27-7-11-39-31(22)27)20-42-14-10-33(16-23(17-33)19-38)18-29(42)24-3-5-25(6-4-24)32(43)40-26-8-12-41(13-9-26)21-34(35,36)37/h3-7,11,15,23,26,29,39H,8-10,12-14,16-18,20-21H2,1-2H3,(H,40,43)/t23?,29-,33?/m0/s1. The van der Waals surface area contributed by atoms with Crippen molar-refractivity contribution in [3.8, 4) is 11.8 Å². The van der Waals surface area contributed by atoms with Crippen LogP contribution in [0.4, 0.5) is 13.2 Å². The number of amides is 1. The lowest BCUT2D eigenvalue weighted by Gasteiger charge is -2.53. The van der Waals surface area contributed by atoms with E-state index >= 15 is 0 Å². The summed E-state index contributed by atoms with van der Waals surface area (Å²) < 4.78 is 44.0. The third-order valence-corrected chi connectivity index (χ3v) is 10.1. The molecule has 2 N–H and O–H groups in total. The lowest BCUT2D eigenvalue weighted by Crippen LogP contribution is -2.48. The predicted molar refractivity (Wildman–Crippen MR) is 162 cm³/mol. The summed E-state index contributed by atoms with van der Waals surface area (Å²) in [7, 11) is 1.71. The van der Waals surface area contributed by atoms with E-state index in [0.29, 0.717) is 31.5 Å². The molecule has 1 amide bonds. The number of ether oxygens (including phenoxy) is 1. The number of hydrogen-bond donors (Lipinski definition) is 2. The Kier molecular flexibility index (Phi) is 8.38. The number of aromatic amines is 1. The van der Waals surface area contributed by atoms with Crippen molar-refractivity contribution in [2.75, 3.05) is 33.3 Å². The van der Waals surface area contributed by atoms with Crippen LogP contribution in [0, 0.1) is 29.6 Å². The van der Waals surface area contributed by atoms with Gasteiger partial charge in [-0.15, -0.1) is 0 Å². The van der Waals surface area contributed by atoms with Crippen LogP contribution in [0.3, 0.4) is 0 Å². The minimum atomic E-state index is -4.21. The first-order valence-electron chi connectivity index (χ1n) is 15.5. The molecule has 2 aliphatic heterocycles. The van der Waals surface area contributed by atoms with E-state index in [2.05, 4.69) is 40.3 Å². The van der Waals surface area contributed by atoms with Crippen LogP contribution in [0.25, 0.3) is 10.9 Å². The SMILES string of the molecule is COc1cc(C)c2[nH]ccc2c1CN1CCC2(CC(C#N)C2)C[C@H]1c1ccc(C(=O)NC2CCN(CC(F)(F)F)CC2)cc1. The van der Waals surface area contributed by atoms with Crippen LogP contribution >= 0.6 is 0 Å². The van der Waals surface area contributed by atoms with E-state index in [9.17, 15) is 23.2 Å². The molecule has 1 atom stereocenters. The van der Waals surface area contributed by atoms with Crippen molar-refractivity contribution in [2.24, 2.45) is 11.3 Å². The summed E-state index contributed by atoms with van der Waals surface area (Å²) in [6.45, 7) is 3.43. The predicted octanol–water partition coefficient (Wildman–Crippen LogP) is 6.50. The molecule has 0 radical (unpaired) electrons. The first kappa shape index (κ1) is 30.5. The van der Waals surface area contributed by atoms with E-state index in [1.807, 2.05) is 30.5 Å². The van der Waals surface area contributed by atoms with Gasteiger partial charge in [-0.05, 0) is 92.8 Å². The average Bonchev–Trinajstić information content (AvgIpc) is 3.49. The number of fused-ring (bicyclic) bond motifs is 1. The maximum atomic E-state index is 13.1. The second-order valence-electron chi connectivity index (χ2n) is 13.1. The van der Waals surface area contributed by atoms with Crippen LogP contribution in [-0.4, -0.2) is 66.2 Å². The summed E-state index contributed by atoms with van der Waals surface area (Å²) in [5.74, 6) is 0.807. The number of alkyl halides is 3. The van der Waals surface area contributed by atoms with Gasteiger partial charge in [0.05, 0.1) is 19.7 Å². The van der Waals surface area contributed by atoms with Crippen molar-refractivity contribution in [1.82, 2.24) is 20.1 Å². The van der Waals surface area contributed by atoms with Crippen LogP contribution in [-0.2, 0) is 6.54 Å². The van der Waals surface area contributed by atoms with Crippen LogP contribution in [0.2, 0.25) is 0 Å². The van der Waals surface area contributed by atoms with Gasteiger partial charge in [0.25, 0.3) is 5.91 Å². The Morgan fingerprint density at radius 2 is 1.86 bits per heavy atom. The van der Waals surface area contributed by atoms with Crippen molar-refractivity contribution in [3.63, 3.8) is 0 Å². The molecule has 6 rings (SSSR count). The molecule has 1 saturated carbocycles. The monoisotopic (exact) mass is 607 g/mol. The molecule has 44 heavy (non-hydrogen) atoms. The minimum absolute atomic E-state index is 0.124. The number of carbonyl (C=O) groups excluding carboxylic acids is 1. The molecule has 3 aliphatic rings. The van der Waals surface area contributed by atoms with Gasteiger partial charge in [0.15, 0.2) is 0 Å². The normalized spacial score (nSPS) is 25.1. The molecule has 1 aromatic heterocycles. The van der Waals surface area contributed by atoms with Gasteiger partial charge in [0.1, 0.15) is 5.75 Å². The molecular weight excluding hydrogens is 567 g/mol. The number of methoxy groups -OCH3 is 1. The molecular formula is C34H40F3N5O2. The van der Waals surface area contributed by atoms with Gasteiger partial charge in [0, 0.05) is 65.9 Å². The molecule has 2 saturated heterocycles. The molecule has 3 aromatic rings. The minimum Gasteiger partial charge on any atom is -0.496 e. The van der Waals surface area contributed by atoms with E-state index in [-0.39, 0.29) is 29.3 Å². The lowest BCUT2D eigenvalue weighted by atomic mass is 9.56. The molecule has 10 heteroatoms. The fourth-order valence-corrected chi connectivity index (χ4v) is 7.74.